The van der Waals surface area contributed by atoms with E-state index in [1.54, 1.807) is 29.2 Å². The van der Waals surface area contributed by atoms with Crippen LogP contribution in [0.25, 0.3) is 0 Å². The Morgan fingerprint density at radius 3 is 2.46 bits per heavy atom. The zero-order valence-corrected chi connectivity index (χ0v) is 13.1. The van der Waals surface area contributed by atoms with Crippen LogP contribution in [0.3, 0.4) is 0 Å². The number of carbonyl (C=O) groups is 4. The van der Waals surface area contributed by atoms with Crippen LogP contribution in [-0.4, -0.2) is 49.4 Å². The van der Waals surface area contributed by atoms with Gasteiger partial charge in [0.25, 0.3) is 11.8 Å². The lowest BCUT2D eigenvalue weighted by molar-refractivity contribution is -0.132. The molecule has 24 heavy (non-hydrogen) atoms. The molecule has 1 heterocycles. The van der Waals surface area contributed by atoms with Crippen LogP contribution < -0.4 is 21.3 Å². The van der Waals surface area contributed by atoms with Gasteiger partial charge in [0.1, 0.15) is 6.61 Å². The molecule has 1 atom stereocenters. The van der Waals surface area contributed by atoms with Gasteiger partial charge in [-0.25, -0.2) is 0 Å². The lowest BCUT2D eigenvalue weighted by atomic mass is 10.2. The van der Waals surface area contributed by atoms with Gasteiger partial charge >= 0.3 is 0 Å². The first-order valence-corrected chi connectivity index (χ1v) is 7.24. The van der Waals surface area contributed by atoms with Crippen molar-refractivity contribution in [3.63, 3.8) is 0 Å². The van der Waals surface area contributed by atoms with Gasteiger partial charge < -0.3 is 26.0 Å². The molecule has 4 N–H and O–H groups in total. The van der Waals surface area contributed by atoms with E-state index >= 15 is 0 Å². The van der Waals surface area contributed by atoms with Crippen molar-refractivity contribution in [1.82, 2.24) is 5.32 Å². The number of benzene rings is 1. The Bertz CT molecular complexity index is 658. The minimum absolute atomic E-state index is 0.0372. The SMILES string of the molecule is CC(=O)N[C@@H](C(N)=O)C(=O)Nc1ccc(N2CCOCC2=O)cc1. The Kier molecular flexibility index (Phi) is 5.48. The summed E-state index contributed by atoms with van der Waals surface area (Å²) in [6, 6.07) is 5.04. The lowest BCUT2D eigenvalue weighted by Crippen LogP contribution is -2.51. The van der Waals surface area contributed by atoms with Crippen LogP contribution in [-0.2, 0) is 23.9 Å². The Labute approximate surface area is 138 Å². The molecule has 9 heteroatoms. The molecule has 1 aromatic carbocycles. The molecule has 0 saturated carbocycles. The van der Waals surface area contributed by atoms with Crippen molar-refractivity contribution in [3.05, 3.63) is 24.3 Å². The smallest absolute Gasteiger partial charge is 0.256 e. The minimum atomic E-state index is -1.46. The van der Waals surface area contributed by atoms with Crippen molar-refractivity contribution >= 4 is 35.0 Å². The van der Waals surface area contributed by atoms with Crippen molar-refractivity contribution in [2.24, 2.45) is 5.73 Å². The summed E-state index contributed by atoms with van der Waals surface area (Å²) in [4.78, 5) is 47.6. The number of primary amides is 1. The second-order valence-corrected chi connectivity index (χ2v) is 5.17. The highest BCUT2D eigenvalue weighted by Gasteiger charge is 2.25. The highest BCUT2D eigenvalue weighted by Crippen LogP contribution is 2.19. The van der Waals surface area contributed by atoms with E-state index in [9.17, 15) is 19.2 Å². The average Bonchev–Trinajstić information content (AvgIpc) is 2.53. The van der Waals surface area contributed by atoms with Crippen LogP contribution in [0.4, 0.5) is 11.4 Å². The van der Waals surface area contributed by atoms with E-state index in [-0.39, 0.29) is 12.5 Å². The van der Waals surface area contributed by atoms with Gasteiger partial charge in [-0.1, -0.05) is 0 Å². The molecule has 0 bridgehead atoms. The molecular formula is C15H18N4O5. The minimum Gasteiger partial charge on any atom is -0.370 e. The third kappa shape index (κ3) is 4.29. The second kappa shape index (κ2) is 7.55. The number of amides is 4. The Hall–Kier alpha value is -2.94. The fraction of sp³-hybridized carbons (Fsp3) is 0.333. The summed E-state index contributed by atoms with van der Waals surface area (Å²) in [6.45, 7) is 2.13. The summed E-state index contributed by atoms with van der Waals surface area (Å²) >= 11 is 0. The number of nitrogens with zero attached hydrogens (tertiary/aromatic N) is 1. The monoisotopic (exact) mass is 334 g/mol. The maximum absolute atomic E-state index is 12.0. The Balaban J connectivity index is 2.05. The molecule has 1 aliphatic rings. The van der Waals surface area contributed by atoms with E-state index in [2.05, 4.69) is 10.6 Å². The zero-order valence-electron chi connectivity index (χ0n) is 13.1. The summed E-state index contributed by atoms with van der Waals surface area (Å²) in [5.74, 6) is -2.39. The summed E-state index contributed by atoms with van der Waals surface area (Å²) < 4.78 is 5.06. The van der Waals surface area contributed by atoms with Gasteiger partial charge in [0, 0.05) is 24.8 Å². The van der Waals surface area contributed by atoms with Crippen molar-refractivity contribution in [1.29, 1.82) is 0 Å². The number of anilines is 2. The van der Waals surface area contributed by atoms with Crippen LogP contribution in [0.1, 0.15) is 6.92 Å². The van der Waals surface area contributed by atoms with E-state index in [0.717, 1.165) is 0 Å². The van der Waals surface area contributed by atoms with Gasteiger partial charge in [-0.15, -0.1) is 0 Å². The number of nitrogens with one attached hydrogen (secondary N) is 2. The number of carbonyl (C=O) groups excluding carboxylic acids is 4. The quantitative estimate of drug-likeness (QED) is 0.593. The van der Waals surface area contributed by atoms with Gasteiger partial charge in [0.15, 0.2) is 6.04 Å². The number of rotatable bonds is 5. The van der Waals surface area contributed by atoms with E-state index in [1.807, 2.05) is 0 Å². The molecule has 128 valence electrons. The molecular weight excluding hydrogens is 316 g/mol. The largest absolute Gasteiger partial charge is 0.370 e. The van der Waals surface area contributed by atoms with Gasteiger partial charge in [0.05, 0.1) is 6.61 Å². The van der Waals surface area contributed by atoms with Gasteiger partial charge in [-0.2, -0.15) is 0 Å². The van der Waals surface area contributed by atoms with Gasteiger partial charge in [0.2, 0.25) is 11.8 Å². The fourth-order valence-electron chi connectivity index (χ4n) is 2.20. The summed E-state index contributed by atoms with van der Waals surface area (Å²) in [5.41, 5.74) is 6.19. The molecule has 1 fully saturated rings. The lowest BCUT2D eigenvalue weighted by Gasteiger charge is -2.27. The van der Waals surface area contributed by atoms with Crippen LogP contribution in [0.15, 0.2) is 24.3 Å². The van der Waals surface area contributed by atoms with E-state index < -0.39 is 23.8 Å². The third-order valence-corrected chi connectivity index (χ3v) is 3.33. The molecule has 1 aliphatic heterocycles. The summed E-state index contributed by atoms with van der Waals surface area (Å²) in [7, 11) is 0. The van der Waals surface area contributed by atoms with Gasteiger partial charge in [-0.05, 0) is 24.3 Å². The number of hydrogen-bond acceptors (Lipinski definition) is 5. The summed E-state index contributed by atoms with van der Waals surface area (Å²) in [5, 5.41) is 4.66. The molecule has 1 aromatic rings. The molecule has 4 amide bonds. The number of hydrogen-bond donors (Lipinski definition) is 3. The second-order valence-electron chi connectivity index (χ2n) is 5.17. The molecule has 0 unspecified atom stereocenters. The summed E-state index contributed by atoms with van der Waals surface area (Å²) in [6.07, 6.45) is 0. The van der Waals surface area contributed by atoms with E-state index in [0.29, 0.717) is 24.5 Å². The highest BCUT2D eigenvalue weighted by molar-refractivity contribution is 6.11. The average molecular weight is 334 g/mol. The Morgan fingerprint density at radius 2 is 1.92 bits per heavy atom. The number of morpholine rings is 1. The van der Waals surface area contributed by atoms with Gasteiger partial charge in [-0.3, -0.25) is 19.2 Å². The van der Waals surface area contributed by atoms with Crippen LogP contribution in [0.5, 0.6) is 0 Å². The Morgan fingerprint density at radius 1 is 1.25 bits per heavy atom. The first-order chi connectivity index (χ1) is 11.4. The fourth-order valence-corrected chi connectivity index (χ4v) is 2.20. The first-order valence-electron chi connectivity index (χ1n) is 7.24. The van der Waals surface area contributed by atoms with E-state index in [4.69, 9.17) is 10.5 Å². The molecule has 0 radical (unpaired) electrons. The first kappa shape index (κ1) is 17.4. The maximum Gasteiger partial charge on any atom is 0.256 e. The van der Waals surface area contributed by atoms with Crippen molar-refractivity contribution in [3.8, 4) is 0 Å². The molecule has 0 aliphatic carbocycles. The zero-order chi connectivity index (χ0) is 17.7. The van der Waals surface area contributed by atoms with Crippen molar-refractivity contribution < 1.29 is 23.9 Å². The van der Waals surface area contributed by atoms with Crippen LogP contribution in [0, 0.1) is 0 Å². The van der Waals surface area contributed by atoms with Crippen LogP contribution in [0.2, 0.25) is 0 Å². The molecule has 0 spiro atoms. The molecule has 1 saturated heterocycles. The molecule has 2 rings (SSSR count). The van der Waals surface area contributed by atoms with Crippen molar-refractivity contribution in [2.75, 3.05) is 30.0 Å². The normalized spacial score (nSPS) is 15.5. The topological polar surface area (TPSA) is 131 Å². The maximum atomic E-state index is 12.0. The third-order valence-electron chi connectivity index (χ3n) is 3.33. The highest BCUT2D eigenvalue weighted by atomic mass is 16.5. The number of nitrogens with two attached hydrogens (primary N) is 1. The van der Waals surface area contributed by atoms with Crippen LogP contribution >= 0.6 is 0 Å². The van der Waals surface area contributed by atoms with Crippen molar-refractivity contribution in [2.45, 2.75) is 13.0 Å². The predicted octanol–water partition coefficient (Wildman–Crippen LogP) is -1.02. The molecule has 0 aromatic heterocycles. The predicted molar refractivity (Wildman–Crippen MR) is 85.0 cm³/mol. The standard InChI is InChI=1S/C15H18N4O5/c1-9(20)17-13(14(16)22)15(23)18-10-2-4-11(5-3-10)19-6-7-24-8-12(19)21/h2-5,13H,6-8H2,1H3,(H2,16,22)(H,17,20)(H,18,23)/t13-/m0/s1. The number of ether oxygens (including phenoxy) is 1. The molecule has 9 nitrogen and oxygen atoms in total. The van der Waals surface area contributed by atoms with E-state index in [1.165, 1.54) is 6.92 Å².